The fourth-order valence-electron chi connectivity index (χ4n) is 4.44. The number of carbonyl (C=O) groups is 3. The van der Waals surface area contributed by atoms with Gasteiger partial charge in [-0.3, -0.25) is 9.78 Å². The lowest BCUT2D eigenvalue weighted by atomic mass is 9.79. The molecule has 36 heavy (non-hydrogen) atoms. The summed E-state index contributed by atoms with van der Waals surface area (Å²) < 4.78 is 44.2. The molecule has 0 unspecified atom stereocenters. The topological polar surface area (TPSA) is 113 Å². The highest BCUT2D eigenvalue weighted by atomic mass is 19.4. The van der Waals surface area contributed by atoms with E-state index in [9.17, 15) is 27.6 Å². The van der Waals surface area contributed by atoms with Gasteiger partial charge in [-0.2, -0.15) is 13.2 Å². The number of nitrogens with one attached hydrogen (secondary N) is 3. The van der Waals surface area contributed by atoms with Crippen LogP contribution in [0.25, 0.3) is 0 Å². The number of urea groups is 1. The van der Waals surface area contributed by atoms with Gasteiger partial charge in [0.1, 0.15) is 17.7 Å². The van der Waals surface area contributed by atoms with Crippen molar-refractivity contribution in [1.29, 1.82) is 0 Å². The number of carbonyl (C=O) groups excluding carboxylic acids is 3. The minimum Gasteiger partial charge on any atom is -0.444 e. The molecule has 1 aromatic heterocycles. The molecule has 1 aliphatic carbocycles. The molecule has 1 aromatic rings. The number of aromatic nitrogens is 1. The highest BCUT2D eigenvalue weighted by Gasteiger charge is 2.46. The van der Waals surface area contributed by atoms with E-state index < -0.39 is 48.4 Å². The van der Waals surface area contributed by atoms with Gasteiger partial charge in [-0.05, 0) is 57.1 Å². The van der Waals surface area contributed by atoms with Crippen LogP contribution >= 0.6 is 0 Å². The van der Waals surface area contributed by atoms with Crippen LogP contribution in [0.2, 0.25) is 0 Å². The largest absolute Gasteiger partial charge is 0.444 e. The van der Waals surface area contributed by atoms with Gasteiger partial charge >= 0.3 is 18.3 Å². The monoisotopic (exact) mass is 513 g/mol. The van der Waals surface area contributed by atoms with Gasteiger partial charge < -0.3 is 25.6 Å². The first-order valence-corrected chi connectivity index (χ1v) is 12.1. The molecule has 9 nitrogen and oxygen atoms in total. The zero-order chi connectivity index (χ0) is 26.7. The average molecular weight is 514 g/mol. The zero-order valence-electron chi connectivity index (χ0n) is 20.9. The number of hydrogen-bond donors (Lipinski definition) is 3. The quantitative estimate of drug-likeness (QED) is 0.528. The second kappa shape index (κ2) is 10.9. The van der Waals surface area contributed by atoms with Gasteiger partial charge in [-0.15, -0.1) is 0 Å². The smallest absolute Gasteiger partial charge is 0.410 e. The summed E-state index contributed by atoms with van der Waals surface area (Å²) in [7, 11) is 0. The SMILES string of the molecule is CC1CCC([C@@H](NC(=O)OC(C)(C)C)C(=O)Nc2cncc(CN3C[C@@H](C(F)(F)F)NC3=O)c2)CC1. The molecule has 0 spiro atoms. The lowest BCUT2D eigenvalue weighted by Gasteiger charge is -2.33. The molecule has 2 aliphatic rings. The lowest BCUT2D eigenvalue weighted by Crippen LogP contribution is -2.50. The molecule has 2 heterocycles. The number of nitrogens with zero attached hydrogens (tertiary/aromatic N) is 2. The van der Waals surface area contributed by atoms with E-state index >= 15 is 0 Å². The second-order valence-electron chi connectivity index (χ2n) is 10.6. The van der Waals surface area contributed by atoms with Crippen LogP contribution in [0.1, 0.15) is 58.9 Å². The van der Waals surface area contributed by atoms with Crippen LogP contribution in [0.3, 0.4) is 0 Å². The van der Waals surface area contributed by atoms with Crippen LogP contribution in [-0.4, -0.2) is 58.3 Å². The lowest BCUT2D eigenvalue weighted by molar-refractivity contribution is -0.149. The summed E-state index contributed by atoms with van der Waals surface area (Å²) in [5.74, 6) is 0.0416. The number of pyridine rings is 1. The van der Waals surface area contributed by atoms with Gasteiger partial charge in [0.15, 0.2) is 0 Å². The Morgan fingerprint density at radius 1 is 1.19 bits per heavy atom. The number of halogens is 3. The van der Waals surface area contributed by atoms with E-state index in [1.54, 1.807) is 26.8 Å². The maximum absolute atomic E-state index is 13.2. The Kier molecular flexibility index (Phi) is 8.35. The number of anilines is 1. The molecule has 0 radical (unpaired) electrons. The third kappa shape index (κ3) is 7.72. The Labute approximate surface area is 208 Å². The maximum atomic E-state index is 13.2. The van der Waals surface area contributed by atoms with Crippen molar-refractivity contribution in [1.82, 2.24) is 20.5 Å². The van der Waals surface area contributed by atoms with E-state index in [0.717, 1.165) is 30.6 Å². The fraction of sp³-hybridized carbons (Fsp3) is 0.667. The van der Waals surface area contributed by atoms with Crippen LogP contribution in [-0.2, 0) is 16.1 Å². The van der Waals surface area contributed by atoms with Crippen molar-refractivity contribution < 1.29 is 32.3 Å². The van der Waals surface area contributed by atoms with E-state index in [-0.39, 0.29) is 12.5 Å². The molecule has 0 aromatic carbocycles. The van der Waals surface area contributed by atoms with Gasteiger partial charge in [0.05, 0.1) is 18.4 Å². The maximum Gasteiger partial charge on any atom is 0.410 e. The van der Waals surface area contributed by atoms with Gasteiger partial charge in [0.25, 0.3) is 0 Å². The molecular formula is C24H34F3N5O4. The van der Waals surface area contributed by atoms with Crippen molar-refractivity contribution in [2.24, 2.45) is 11.8 Å². The average Bonchev–Trinajstić information content (AvgIpc) is 3.12. The second-order valence-corrected chi connectivity index (χ2v) is 10.6. The Morgan fingerprint density at radius 3 is 2.44 bits per heavy atom. The van der Waals surface area contributed by atoms with Crippen molar-refractivity contribution in [2.45, 2.75) is 83.8 Å². The highest BCUT2D eigenvalue weighted by Crippen LogP contribution is 2.31. The number of amides is 4. The molecule has 4 amide bonds. The van der Waals surface area contributed by atoms with Crippen LogP contribution in [0.5, 0.6) is 0 Å². The molecule has 3 N–H and O–H groups in total. The van der Waals surface area contributed by atoms with Crippen LogP contribution in [0, 0.1) is 11.8 Å². The van der Waals surface area contributed by atoms with Crippen molar-refractivity contribution in [3.8, 4) is 0 Å². The summed E-state index contributed by atoms with van der Waals surface area (Å²) in [6, 6.07) is -2.03. The molecule has 12 heteroatoms. The number of ether oxygens (including phenoxy) is 1. The standard InChI is InChI=1S/C24H34F3N5O4/c1-14-5-7-16(8-6-14)19(31-22(35)36-23(2,3)4)20(33)29-17-9-15(10-28-11-17)12-32-13-18(24(25,26)27)30-21(32)34/h9-11,14,16,18-19H,5-8,12-13H2,1-4H3,(H,29,33)(H,30,34)(H,31,35)/t14?,16?,18-,19+/m0/s1. The third-order valence-electron chi connectivity index (χ3n) is 6.31. The summed E-state index contributed by atoms with van der Waals surface area (Å²) in [5.41, 5.74) is 0.0378. The molecule has 1 saturated carbocycles. The van der Waals surface area contributed by atoms with E-state index in [0.29, 0.717) is 17.2 Å². The van der Waals surface area contributed by atoms with Crippen molar-refractivity contribution >= 4 is 23.7 Å². The molecule has 3 rings (SSSR count). The predicted octanol–water partition coefficient (Wildman–Crippen LogP) is 4.20. The molecule has 2 fully saturated rings. The third-order valence-corrected chi connectivity index (χ3v) is 6.31. The number of alkyl halides is 3. The normalized spacial score (nSPS) is 23.6. The van der Waals surface area contributed by atoms with Gasteiger partial charge in [-0.25, -0.2) is 9.59 Å². The van der Waals surface area contributed by atoms with E-state index in [1.807, 2.05) is 5.32 Å². The Bertz CT molecular complexity index is 958. The molecule has 200 valence electrons. The summed E-state index contributed by atoms with van der Waals surface area (Å²) in [6.07, 6.45) is 1.03. The molecule has 1 saturated heterocycles. The van der Waals surface area contributed by atoms with E-state index in [4.69, 9.17) is 4.74 Å². The van der Waals surface area contributed by atoms with Crippen molar-refractivity contribution in [2.75, 3.05) is 11.9 Å². The van der Waals surface area contributed by atoms with Crippen LogP contribution in [0.4, 0.5) is 28.4 Å². The predicted molar refractivity (Wildman–Crippen MR) is 126 cm³/mol. The minimum absolute atomic E-state index is 0.0718. The molecule has 0 bridgehead atoms. The van der Waals surface area contributed by atoms with E-state index in [2.05, 4.69) is 22.5 Å². The Hall–Kier alpha value is -3.05. The Morgan fingerprint density at radius 2 is 1.86 bits per heavy atom. The summed E-state index contributed by atoms with van der Waals surface area (Å²) in [4.78, 5) is 42.8. The summed E-state index contributed by atoms with van der Waals surface area (Å²) in [5, 5.41) is 7.39. The summed E-state index contributed by atoms with van der Waals surface area (Å²) >= 11 is 0. The summed E-state index contributed by atoms with van der Waals surface area (Å²) in [6.45, 7) is 6.74. The Balaban J connectivity index is 1.69. The number of rotatable bonds is 6. The molecular weight excluding hydrogens is 479 g/mol. The number of hydrogen-bond acceptors (Lipinski definition) is 5. The van der Waals surface area contributed by atoms with Gasteiger partial charge in [-0.1, -0.05) is 19.8 Å². The molecule has 2 atom stereocenters. The first kappa shape index (κ1) is 27.5. The zero-order valence-corrected chi connectivity index (χ0v) is 20.9. The minimum atomic E-state index is -4.54. The van der Waals surface area contributed by atoms with Crippen molar-refractivity contribution in [3.05, 3.63) is 24.0 Å². The fourth-order valence-corrected chi connectivity index (χ4v) is 4.44. The highest BCUT2D eigenvalue weighted by molar-refractivity contribution is 5.96. The van der Waals surface area contributed by atoms with Gasteiger partial charge in [0.2, 0.25) is 5.91 Å². The first-order chi connectivity index (χ1) is 16.7. The van der Waals surface area contributed by atoms with Gasteiger partial charge in [0, 0.05) is 12.7 Å². The van der Waals surface area contributed by atoms with Crippen molar-refractivity contribution in [3.63, 3.8) is 0 Å². The number of alkyl carbamates (subject to hydrolysis) is 1. The molecule has 1 aliphatic heterocycles. The first-order valence-electron chi connectivity index (χ1n) is 12.1. The van der Waals surface area contributed by atoms with Crippen LogP contribution in [0.15, 0.2) is 18.5 Å². The van der Waals surface area contributed by atoms with Crippen LogP contribution < -0.4 is 16.0 Å². The van der Waals surface area contributed by atoms with E-state index in [1.165, 1.54) is 12.4 Å².